The summed E-state index contributed by atoms with van der Waals surface area (Å²) in [5.41, 5.74) is -0.241. The largest absolute Gasteiger partial charge is 0.478 e. The first kappa shape index (κ1) is 12.6. The number of carboxylic acids is 2. The normalized spacial score (nSPS) is 10.1. The van der Waals surface area contributed by atoms with Gasteiger partial charge in [0.1, 0.15) is 0 Å². The fraction of sp³-hybridized carbons (Fsp3) is 0.0833. The van der Waals surface area contributed by atoms with Crippen molar-refractivity contribution in [3.63, 3.8) is 0 Å². The highest BCUT2D eigenvalue weighted by atomic mass is 16.4. The summed E-state index contributed by atoms with van der Waals surface area (Å²) in [5, 5.41) is 21.9. The zero-order chi connectivity index (χ0) is 13.8. The molecule has 0 aliphatic rings. The molecule has 0 radical (unpaired) electrons. The minimum Gasteiger partial charge on any atom is -0.478 e. The highest BCUT2D eigenvalue weighted by Crippen LogP contribution is 2.09. The fourth-order valence-electron chi connectivity index (χ4n) is 1.57. The second kappa shape index (κ2) is 5.21. The van der Waals surface area contributed by atoms with Crippen LogP contribution >= 0.6 is 0 Å². The van der Waals surface area contributed by atoms with Crippen LogP contribution in [-0.2, 0) is 6.54 Å². The lowest BCUT2D eigenvalue weighted by Crippen LogP contribution is -2.37. The van der Waals surface area contributed by atoms with Crippen LogP contribution in [0.4, 0.5) is 0 Å². The first-order chi connectivity index (χ1) is 9.08. The molecule has 0 saturated carbocycles. The predicted molar refractivity (Wildman–Crippen MR) is 61.7 cm³/mol. The van der Waals surface area contributed by atoms with Gasteiger partial charge in [-0.15, -0.1) is 0 Å². The third-order valence-electron chi connectivity index (χ3n) is 2.39. The van der Waals surface area contributed by atoms with E-state index in [1.807, 2.05) is 0 Å². The van der Waals surface area contributed by atoms with Gasteiger partial charge >= 0.3 is 11.9 Å². The molecule has 2 aromatic rings. The van der Waals surface area contributed by atoms with Crippen molar-refractivity contribution in [2.24, 2.45) is 0 Å². The van der Waals surface area contributed by atoms with E-state index in [0.717, 1.165) is 0 Å². The Morgan fingerprint density at radius 1 is 1.21 bits per heavy atom. The molecule has 0 aliphatic heterocycles. The summed E-state index contributed by atoms with van der Waals surface area (Å²) in [5.74, 6) is -2.69. The number of aromatic carboxylic acids is 2. The lowest BCUT2D eigenvalue weighted by Gasteiger charge is -2.02. The Hall–Kier alpha value is -2.83. The predicted octanol–water partition coefficient (Wildman–Crippen LogP) is 0.209. The lowest BCUT2D eigenvalue weighted by molar-refractivity contribution is -0.746. The van der Waals surface area contributed by atoms with Gasteiger partial charge in [-0.3, -0.25) is 0 Å². The Morgan fingerprint density at radius 3 is 2.58 bits per heavy atom. The molecule has 19 heavy (non-hydrogen) atoms. The van der Waals surface area contributed by atoms with Gasteiger partial charge in [0, 0.05) is 17.8 Å². The summed E-state index contributed by atoms with van der Waals surface area (Å²) >= 11 is 0. The Kier molecular flexibility index (Phi) is 3.46. The zero-order valence-electron chi connectivity index (χ0n) is 9.72. The molecule has 2 N–H and O–H groups in total. The Morgan fingerprint density at radius 2 is 2.00 bits per heavy atom. The maximum absolute atomic E-state index is 11.0. The SMILES string of the molecule is O=C(O)c1cc(C[n+]2ccccn2)cnc1C(=O)O. The third kappa shape index (κ3) is 2.89. The van der Waals surface area contributed by atoms with Crippen LogP contribution in [0.1, 0.15) is 26.4 Å². The number of rotatable bonds is 4. The van der Waals surface area contributed by atoms with Crippen LogP contribution in [0.25, 0.3) is 0 Å². The minimum atomic E-state index is -1.37. The zero-order valence-corrected chi connectivity index (χ0v) is 9.72. The smallest absolute Gasteiger partial charge is 0.355 e. The number of aromatic nitrogens is 3. The molecule has 96 valence electrons. The molecule has 7 nitrogen and oxygen atoms in total. The van der Waals surface area contributed by atoms with Crippen LogP contribution in [0, 0.1) is 0 Å². The van der Waals surface area contributed by atoms with Gasteiger partial charge in [-0.05, 0) is 17.2 Å². The second-order valence-corrected chi connectivity index (χ2v) is 3.75. The van der Waals surface area contributed by atoms with Crippen LogP contribution in [0.5, 0.6) is 0 Å². The topological polar surface area (TPSA) is 104 Å². The molecule has 0 aromatic carbocycles. The van der Waals surface area contributed by atoms with E-state index in [2.05, 4.69) is 10.1 Å². The summed E-state index contributed by atoms with van der Waals surface area (Å²) in [6.07, 6.45) is 4.64. The molecular formula is C12H10N3O4+. The highest BCUT2D eigenvalue weighted by Gasteiger charge is 2.19. The summed E-state index contributed by atoms with van der Waals surface area (Å²) in [6, 6.07) is 4.83. The van der Waals surface area contributed by atoms with Gasteiger partial charge in [0.25, 0.3) is 0 Å². The van der Waals surface area contributed by atoms with E-state index in [4.69, 9.17) is 10.2 Å². The van der Waals surface area contributed by atoms with Crippen LogP contribution in [0.2, 0.25) is 0 Å². The van der Waals surface area contributed by atoms with E-state index >= 15 is 0 Å². The maximum Gasteiger partial charge on any atom is 0.355 e. The third-order valence-corrected chi connectivity index (χ3v) is 2.39. The summed E-state index contributed by atoms with van der Waals surface area (Å²) in [6.45, 7) is 0.314. The van der Waals surface area contributed by atoms with Gasteiger partial charge in [0.2, 0.25) is 6.54 Å². The number of carboxylic acid groups (broad SMARTS) is 2. The van der Waals surface area contributed by atoms with Crippen molar-refractivity contribution in [2.45, 2.75) is 6.54 Å². The maximum atomic E-state index is 11.0. The highest BCUT2D eigenvalue weighted by molar-refractivity contribution is 6.00. The van der Waals surface area contributed by atoms with Gasteiger partial charge in [-0.25, -0.2) is 14.6 Å². The van der Waals surface area contributed by atoms with E-state index in [1.165, 1.54) is 12.3 Å². The van der Waals surface area contributed by atoms with Gasteiger partial charge < -0.3 is 10.2 Å². The Bertz CT molecular complexity index is 628. The van der Waals surface area contributed by atoms with Gasteiger partial charge in [-0.2, -0.15) is 0 Å². The molecule has 0 fully saturated rings. The van der Waals surface area contributed by atoms with Crippen molar-refractivity contribution in [2.75, 3.05) is 0 Å². The number of pyridine rings is 1. The van der Waals surface area contributed by atoms with E-state index in [1.54, 1.807) is 29.2 Å². The van der Waals surface area contributed by atoms with Crippen molar-refractivity contribution in [1.82, 2.24) is 10.1 Å². The molecule has 2 aromatic heterocycles. The molecule has 0 bridgehead atoms. The molecule has 2 heterocycles. The van der Waals surface area contributed by atoms with E-state index in [9.17, 15) is 9.59 Å². The van der Waals surface area contributed by atoms with Gasteiger partial charge in [0.05, 0.1) is 11.8 Å². The molecule has 0 aliphatic carbocycles. The second-order valence-electron chi connectivity index (χ2n) is 3.75. The van der Waals surface area contributed by atoms with Gasteiger partial charge in [0.15, 0.2) is 11.9 Å². The molecule has 2 rings (SSSR count). The van der Waals surface area contributed by atoms with Crippen molar-refractivity contribution in [1.29, 1.82) is 0 Å². The summed E-state index contributed by atoms with van der Waals surface area (Å²) < 4.78 is 1.59. The summed E-state index contributed by atoms with van der Waals surface area (Å²) in [4.78, 5) is 25.5. The molecule has 0 spiro atoms. The van der Waals surface area contributed by atoms with Crippen molar-refractivity contribution < 1.29 is 24.5 Å². The molecule has 7 heteroatoms. The van der Waals surface area contributed by atoms with Crippen molar-refractivity contribution in [3.05, 3.63) is 53.6 Å². The molecule has 0 amide bonds. The number of carbonyl (C=O) groups is 2. The average Bonchev–Trinajstić information content (AvgIpc) is 2.39. The van der Waals surface area contributed by atoms with Crippen molar-refractivity contribution >= 4 is 11.9 Å². The molecular weight excluding hydrogens is 250 g/mol. The minimum absolute atomic E-state index is 0.314. The molecule has 0 atom stereocenters. The fourth-order valence-corrected chi connectivity index (χ4v) is 1.57. The van der Waals surface area contributed by atoms with Crippen molar-refractivity contribution in [3.8, 4) is 0 Å². The quantitative estimate of drug-likeness (QED) is 0.761. The van der Waals surface area contributed by atoms with Crippen LogP contribution in [0.15, 0.2) is 36.8 Å². The monoisotopic (exact) mass is 260 g/mol. The van der Waals surface area contributed by atoms with Crippen LogP contribution in [0.3, 0.4) is 0 Å². The Labute approximate surface area is 107 Å². The lowest BCUT2D eigenvalue weighted by atomic mass is 10.1. The first-order valence-corrected chi connectivity index (χ1v) is 5.34. The van der Waals surface area contributed by atoms with Crippen LogP contribution < -0.4 is 4.68 Å². The standard InChI is InChI=1S/C12H9N3O4/c16-11(17)9-5-8(6-13-10(9)12(18)19)7-15-4-2-1-3-14-15/h1-6H,7H2,(H-,16,17,18,19)/p+1. The number of hydrogen-bond acceptors (Lipinski definition) is 4. The molecule has 0 saturated heterocycles. The van der Waals surface area contributed by atoms with E-state index in [-0.39, 0.29) is 5.56 Å². The first-order valence-electron chi connectivity index (χ1n) is 5.34. The van der Waals surface area contributed by atoms with Gasteiger partial charge in [-0.1, -0.05) is 4.68 Å². The summed E-state index contributed by atoms with van der Waals surface area (Å²) in [7, 11) is 0. The molecule has 0 unspecified atom stereocenters. The number of hydrogen-bond donors (Lipinski definition) is 2. The average molecular weight is 260 g/mol. The van der Waals surface area contributed by atoms with E-state index in [0.29, 0.717) is 12.1 Å². The van der Waals surface area contributed by atoms with E-state index < -0.39 is 17.6 Å². The number of nitrogens with zero attached hydrogens (tertiary/aromatic N) is 3. The Balaban J connectivity index is 2.36. The van der Waals surface area contributed by atoms with Crippen LogP contribution in [-0.4, -0.2) is 32.2 Å².